The van der Waals surface area contributed by atoms with E-state index < -0.39 is 0 Å². The highest BCUT2D eigenvalue weighted by Gasteiger charge is 2.07. The molecule has 0 saturated heterocycles. The molecule has 3 nitrogen and oxygen atoms in total. The predicted molar refractivity (Wildman–Crippen MR) is 80.7 cm³/mol. The lowest BCUT2D eigenvalue weighted by Gasteiger charge is -2.08. The van der Waals surface area contributed by atoms with Crippen molar-refractivity contribution in [3.8, 4) is 5.75 Å². The van der Waals surface area contributed by atoms with Gasteiger partial charge in [0, 0.05) is 5.56 Å². The highest BCUT2D eigenvalue weighted by Crippen LogP contribution is 2.22. The third kappa shape index (κ3) is 4.62. The summed E-state index contributed by atoms with van der Waals surface area (Å²) < 4.78 is 18.1. The molecule has 0 heterocycles. The molecule has 1 N–H and O–H groups in total. The Morgan fingerprint density at radius 1 is 1.10 bits per heavy atom. The van der Waals surface area contributed by atoms with Crippen molar-refractivity contribution in [3.05, 3.63) is 63.9 Å². The summed E-state index contributed by atoms with van der Waals surface area (Å²) in [5.41, 5.74) is 0.422. The molecule has 0 bridgehead atoms. The van der Waals surface area contributed by atoms with Crippen LogP contribution < -0.4 is 10.1 Å². The molecule has 0 aliphatic rings. The smallest absolute Gasteiger partial charge is 0.251 e. The van der Waals surface area contributed by atoms with E-state index in [4.69, 9.17) is 27.9 Å². The van der Waals surface area contributed by atoms with Gasteiger partial charge in [-0.15, -0.1) is 0 Å². The van der Waals surface area contributed by atoms with Crippen molar-refractivity contribution < 1.29 is 13.9 Å². The Kier molecular flexibility index (Phi) is 5.42. The van der Waals surface area contributed by atoms with E-state index in [9.17, 15) is 9.18 Å². The molecule has 0 radical (unpaired) electrons. The first kappa shape index (κ1) is 15.6. The first-order valence-electron chi connectivity index (χ1n) is 6.18. The molecule has 2 aromatic carbocycles. The monoisotopic (exact) mass is 327 g/mol. The van der Waals surface area contributed by atoms with E-state index in [1.54, 1.807) is 12.1 Å². The Hall–Kier alpha value is -1.78. The van der Waals surface area contributed by atoms with Crippen LogP contribution in [0.1, 0.15) is 10.4 Å². The SMILES string of the molecule is O=C(NCCOc1ccc(F)cc1)c1ccc(Cl)c(Cl)c1. The van der Waals surface area contributed by atoms with E-state index in [0.29, 0.717) is 27.9 Å². The molecule has 0 aromatic heterocycles. The van der Waals surface area contributed by atoms with Crippen molar-refractivity contribution in [2.24, 2.45) is 0 Å². The van der Waals surface area contributed by atoms with Gasteiger partial charge in [0.15, 0.2) is 0 Å². The summed E-state index contributed by atoms with van der Waals surface area (Å²) in [5, 5.41) is 3.41. The molecule has 2 aromatic rings. The third-order valence-corrected chi connectivity index (χ3v) is 3.39. The van der Waals surface area contributed by atoms with Crippen LogP contribution in [0.15, 0.2) is 42.5 Å². The third-order valence-electron chi connectivity index (χ3n) is 2.65. The van der Waals surface area contributed by atoms with Crippen LogP contribution in [0.3, 0.4) is 0 Å². The number of nitrogens with one attached hydrogen (secondary N) is 1. The van der Waals surface area contributed by atoms with Crippen LogP contribution in [0.4, 0.5) is 4.39 Å². The van der Waals surface area contributed by atoms with Gasteiger partial charge < -0.3 is 10.1 Å². The number of hydrogen-bond acceptors (Lipinski definition) is 2. The van der Waals surface area contributed by atoms with Gasteiger partial charge in [-0.1, -0.05) is 23.2 Å². The van der Waals surface area contributed by atoms with Gasteiger partial charge in [0.05, 0.1) is 16.6 Å². The minimum absolute atomic E-state index is 0.267. The van der Waals surface area contributed by atoms with Crippen molar-refractivity contribution in [3.63, 3.8) is 0 Å². The fraction of sp³-hybridized carbons (Fsp3) is 0.133. The number of carbonyl (C=O) groups is 1. The minimum Gasteiger partial charge on any atom is -0.492 e. The maximum absolute atomic E-state index is 12.7. The van der Waals surface area contributed by atoms with E-state index in [2.05, 4.69) is 5.32 Å². The molecular weight excluding hydrogens is 316 g/mol. The fourth-order valence-corrected chi connectivity index (χ4v) is 1.90. The van der Waals surface area contributed by atoms with Gasteiger partial charge in [-0.3, -0.25) is 4.79 Å². The van der Waals surface area contributed by atoms with Gasteiger partial charge in [-0.25, -0.2) is 4.39 Å². The molecule has 0 spiro atoms. The van der Waals surface area contributed by atoms with Gasteiger partial charge in [-0.05, 0) is 42.5 Å². The van der Waals surface area contributed by atoms with Gasteiger partial charge in [0.2, 0.25) is 0 Å². The standard InChI is InChI=1S/C15H12Cl2FNO2/c16-13-6-1-10(9-14(13)17)15(20)19-7-8-21-12-4-2-11(18)3-5-12/h1-6,9H,7-8H2,(H,19,20). The lowest BCUT2D eigenvalue weighted by atomic mass is 10.2. The largest absolute Gasteiger partial charge is 0.492 e. The molecule has 0 fully saturated rings. The van der Waals surface area contributed by atoms with Crippen molar-refractivity contribution in [2.45, 2.75) is 0 Å². The number of rotatable bonds is 5. The number of ether oxygens (including phenoxy) is 1. The minimum atomic E-state index is -0.324. The maximum atomic E-state index is 12.7. The number of hydrogen-bond donors (Lipinski definition) is 1. The molecule has 110 valence electrons. The first-order chi connectivity index (χ1) is 10.1. The molecule has 2 rings (SSSR count). The summed E-state index contributed by atoms with van der Waals surface area (Å²) in [6.45, 7) is 0.592. The Labute approximate surface area is 131 Å². The van der Waals surface area contributed by atoms with E-state index >= 15 is 0 Å². The summed E-state index contributed by atoms with van der Waals surface area (Å²) in [4.78, 5) is 11.8. The molecular formula is C15H12Cl2FNO2. The van der Waals surface area contributed by atoms with Crippen molar-refractivity contribution in [2.75, 3.05) is 13.2 Å². The summed E-state index contributed by atoms with van der Waals surface area (Å²) in [6.07, 6.45) is 0. The van der Waals surface area contributed by atoms with Gasteiger partial charge in [0.1, 0.15) is 18.2 Å². The maximum Gasteiger partial charge on any atom is 0.251 e. The highest BCUT2D eigenvalue weighted by atomic mass is 35.5. The van der Waals surface area contributed by atoms with E-state index in [0.717, 1.165) is 0 Å². The van der Waals surface area contributed by atoms with Gasteiger partial charge >= 0.3 is 0 Å². The van der Waals surface area contributed by atoms with Crippen LogP contribution in [-0.2, 0) is 0 Å². The second kappa shape index (κ2) is 7.29. The molecule has 0 unspecified atom stereocenters. The van der Waals surface area contributed by atoms with E-state index in [-0.39, 0.29) is 18.3 Å². The second-order valence-corrected chi connectivity index (χ2v) is 5.00. The quantitative estimate of drug-likeness (QED) is 0.844. The molecule has 21 heavy (non-hydrogen) atoms. The predicted octanol–water partition coefficient (Wildman–Crippen LogP) is 3.94. The normalized spacial score (nSPS) is 10.2. The van der Waals surface area contributed by atoms with Crippen LogP contribution in [0.2, 0.25) is 10.0 Å². The summed E-state index contributed by atoms with van der Waals surface area (Å²) in [7, 11) is 0. The van der Waals surface area contributed by atoms with Crippen LogP contribution in [0.5, 0.6) is 5.75 Å². The van der Waals surface area contributed by atoms with Crippen LogP contribution in [-0.4, -0.2) is 19.1 Å². The zero-order valence-electron chi connectivity index (χ0n) is 10.9. The van der Waals surface area contributed by atoms with Crippen molar-refractivity contribution in [1.82, 2.24) is 5.32 Å². The average Bonchev–Trinajstić information content (AvgIpc) is 2.48. The van der Waals surface area contributed by atoms with Gasteiger partial charge in [-0.2, -0.15) is 0 Å². The highest BCUT2D eigenvalue weighted by molar-refractivity contribution is 6.42. The summed E-state index contributed by atoms with van der Waals surface area (Å²) in [6, 6.07) is 10.3. The van der Waals surface area contributed by atoms with Crippen molar-refractivity contribution >= 4 is 29.1 Å². The van der Waals surface area contributed by atoms with Gasteiger partial charge in [0.25, 0.3) is 5.91 Å². The molecule has 1 amide bonds. The molecule has 0 saturated carbocycles. The van der Waals surface area contributed by atoms with Crippen molar-refractivity contribution in [1.29, 1.82) is 0 Å². The fourth-order valence-electron chi connectivity index (χ4n) is 1.60. The number of halogens is 3. The number of carbonyl (C=O) groups excluding carboxylic acids is 1. The lowest BCUT2D eigenvalue weighted by molar-refractivity contribution is 0.0947. The second-order valence-electron chi connectivity index (χ2n) is 4.19. The Bertz CT molecular complexity index is 632. The number of amides is 1. The molecule has 6 heteroatoms. The van der Waals surface area contributed by atoms with E-state index in [1.807, 2.05) is 0 Å². The van der Waals surface area contributed by atoms with E-state index in [1.165, 1.54) is 30.3 Å². The zero-order valence-corrected chi connectivity index (χ0v) is 12.4. The average molecular weight is 328 g/mol. The van der Waals surface area contributed by atoms with Crippen LogP contribution in [0.25, 0.3) is 0 Å². The molecule has 0 atom stereocenters. The molecule has 0 aliphatic heterocycles. The Morgan fingerprint density at radius 3 is 2.48 bits per heavy atom. The first-order valence-corrected chi connectivity index (χ1v) is 6.93. The topological polar surface area (TPSA) is 38.3 Å². The Morgan fingerprint density at radius 2 is 1.81 bits per heavy atom. The summed E-state index contributed by atoms with van der Waals surface area (Å²) >= 11 is 11.6. The zero-order chi connectivity index (χ0) is 15.2. The number of benzene rings is 2. The van der Waals surface area contributed by atoms with Crippen LogP contribution in [0, 0.1) is 5.82 Å². The molecule has 0 aliphatic carbocycles. The summed E-state index contributed by atoms with van der Waals surface area (Å²) in [5.74, 6) is -0.0493. The lowest BCUT2D eigenvalue weighted by Crippen LogP contribution is -2.28. The van der Waals surface area contributed by atoms with Crippen LogP contribution >= 0.6 is 23.2 Å². The Balaban J connectivity index is 1.79.